The Labute approximate surface area is 148 Å². The van der Waals surface area contributed by atoms with Gasteiger partial charge in [0.05, 0.1) is 0 Å². The van der Waals surface area contributed by atoms with Crippen LogP contribution in [0.1, 0.15) is 22.3 Å². The summed E-state index contributed by atoms with van der Waals surface area (Å²) >= 11 is 3.02. The molecule has 2 N–H and O–H groups in total. The van der Waals surface area contributed by atoms with Crippen LogP contribution in [0.3, 0.4) is 0 Å². The average Bonchev–Trinajstić information content (AvgIpc) is 3.10. The third-order valence-corrected chi connectivity index (χ3v) is 4.90. The molecule has 24 heavy (non-hydrogen) atoms. The minimum atomic E-state index is -0.199. The van der Waals surface area contributed by atoms with Crippen LogP contribution in [0.4, 0.5) is 4.39 Å². The van der Waals surface area contributed by atoms with Crippen LogP contribution in [-0.2, 0) is 10.5 Å². The zero-order valence-electron chi connectivity index (χ0n) is 13.1. The molecule has 7 heteroatoms. The Balaban J connectivity index is 1.52. The second-order valence-electron chi connectivity index (χ2n) is 5.01. The van der Waals surface area contributed by atoms with Crippen molar-refractivity contribution in [2.75, 3.05) is 18.8 Å². The van der Waals surface area contributed by atoms with Crippen molar-refractivity contribution in [3.05, 3.63) is 58.0 Å². The number of rotatable bonds is 9. The van der Waals surface area contributed by atoms with Gasteiger partial charge < -0.3 is 10.6 Å². The van der Waals surface area contributed by atoms with Crippen LogP contribution in [0, 0.1) is 5.82 Å². The van der Waals surface area contributed by atoms with Gasteiger partial charge >= 0.3 is 0 Å². The Kier molecular flexibility index (Phi) is 7.77. The Hall–Kier alpha value is -1.86. The maximum atomic E-state index is 13.4. The third kappa shape index (κ3) is 6.33. The van der Waals surface area contributed by atoms with Crippen molar-refractivity contribution in [2.45, 2.75) is 12.2 Å². The molecule has 0 atom stereocenters. The highest BCUT2D eigenvalue weighted by Crippen LogP contribution is 2.14. The van der Waals surface area contributed by atoms with Crippen molar-refractivity contribution in [3.8, 4) is 0 Å². The molecule has 2 rings (SSSR count). The highest BCUT2D eigenvalue weighted by atomic mass is 32.2. The lowest BCUT2D eigenvalue weighted by Crippen LogP contribution is -2.31. The summed E-state index contributed by atoms with van der Waals surface area (Å²) in [5, 5.41) is 9.09. The minimum Gasteiger partial charge on any atom is -0.355 e. The molecular formula is C17H19FN2O2S2. The van der Waals surface area contributed by atoms with Gasteiger partial charge in [0.1, 0.15) is 5.82 Å². The Morgan fingerprint density at radius 2 is 1.96 bits per heavy atom. The van der Waals surface area contributed by atoms with Gasteiger partial charge in [-0.2, -0.15) is 23.1 Å². The molecule has 1 aromatic carbocycles. The summed E-state index contributed by atoms with van der Waals surface area (Å²) in [4.78, 5) is 23.3. The zero-order valence-corrected chi connectivity index (χ0v) is 14.7. The van der Waals surface area contributed by atoms with E-state index in [9.17, 15) is 14.0 Å². The molecule has 1 heterocycles. The minimum absolute atomic E-state index is 0.105. The largest absolute Gasteiger partial charge is 0.355 e. The number of thioether (sulfide) groups is 1. The van der Waals surface area contributed by atoms with Gasteiger partial charge in [-0.15, -0.1) is 0 Å². The summed E-state index contributed by atoms with van der Waals surface area (Å²) in [5.74, 6) is 0.827. The van der Waals surface area contributed by atoms with Crippen LogP contribution in [0.5, 0.6) is 0 Å². The van der Waals surface area contributed by atoms with E-state index in [2.05, 4.69) is 10.6 Å². The molecule has 0 spiro atoms. The van der Waals surface area contributed by atoms with Crippen molar-refractivity contribution in [1.29, 1.82) is 0 Å². The Morgan fingerprint density at radius 3 is 2.71 bits per heavy atom. The molecule has 0 saturated carbocycles. The first-order valence-electron chi connectivity index (χ1n) is 7.55. The van der Waals surface area contributed by atoms with E-state index in [4.69, 9.17) is 0 Å². The van der Waals surface area contributed by atoms with Gasteiger partial charge in [-0.05, 0) is 23.1 Å². The highest BCUT2D eigenvalue weighted by Gasteiger charge is 2.06. The smallest absolute Gasteiger partial charge is 0.252 e. The molecule has 2 amide bonds. The molecule has 0 bridgehead atoms. The number of benzene rings is 1. The molecule has 0 aliphatic rings. The quantitative estimate of drug-likeness (QED) is 0.671. The van der Waals surface area contributed by atoms with Crippen molar-refractivity contribution in [3.63, 3.8) is 0 Å². The number of thiophene rings is 1. The van der Waals surface area contributed by atoms with Crippen molar-refractivity contribution >= 4 is 34.9 Å². The van der Waals surface area contributed by atoms with Gasteiger partial charge in [-0.25, -0.2) is 4.39 Å². The SMILES string of the molecule is O=C(CCNC(=O)c1ccsc1)NCCSCc1ccccc1F. The fourth-order valence-electron chi connectivity index (χ4n) is 1.93. The summed E-state index contributed by atoms with van der Waals surface area (Å²) < 4.78 is 13.4. The predicted molar refractivity (Wildman–Crippen MR) is 96.8 cm³/mol. The number of amides is 2. The number of halogens is 1. The normalized spacial score (nSPS) is 10.4. The second-order valence-corrected chi connectivity index (χ2v) is 6.90. The third-order valence-electron chi connectivity index (χ3n) is 3.20. The van der Waals surface area contributed by atoms with Gasteiger partial charge in [0.25, 0.3) is 5.91 Å². The van der Waals surface area contributed by atoms with E-state index >= 15 is 0 Å². The van der Waals surface area contributed by atoms with Crippen molar-refractivity contribution < 1.29 is 14.0 Å². The van der Waals surface area contributed by atoms with Crippen LogP contribution in [0.15, 0.2) is 41.1 Å². The molecule has 0 fully saturated rings. The summed E-state index contributed by atoms with van der Waals surface area (Å²) in [6, 6.07) is 8.43. The molecule has 2 aromatic rings. The number of hydrogen-bond acceptors (Lipinski definition) is 4. The molecule has 0 aliphatic carbocycles. The van der Waals surface area contributed by atoms with Crippen molar-refractivity contribution in [2.24, 2.45) is 0 Å². The molecule has 4 nitrogen and oxygen atoms in total. The predicted octanol–water partition coefficient (Wildman–Crippen LogP) is 3.06. The molecule has 0 radical (unpaired) electrons. The van der Waals surface area contributed by atoms with Crippen LogP contribution in [-0.4, -0.2) is 30.7 Å². The number of carbonyl (C=O) groups is 2. The van der Waals surface area contributed by atoms with E-state index < -0.39 is 0 Å². The average molecular weight is 366 g/mol. The van der Waals surface area contributed by atoms with E-state index in [0.29, 0.717) is 35.7 Å². The number of nitrogens with one attached hydrogen (secondary N) is 2. The summed E-state index contributed by atoms with van der Waals surface area (Å²) in [7, 11) is 0. The van der Waals surface area contributed by atoms with Crippen LogP contribution in [0.2, 0.25) is 0 Å². The lowest BCUT2D eigenvalue weighted by Gasteiger charge is -2.07. The maximum Gasteiger partial charge on any atom is 0.252 e. The summed E-state index contributed by atoms with van der Waals surface area (Å²) in [6.45, 7) is 0.833. The molecule has 128 valence electrons. The highest BCUT2D eigenvalue weighted by molar-refractivity contribution is 7.98. The number of hydrogen-bond donors (Lipinski definition) is 2. The lowest BCUT2D eigenvalue weighted by molar-refractivity contribution is -0.120. The van der Waals surface area contributed by atoms with Crippen molar-refractivity contribution in [1.82, 2.24) is 10.6 Å². The first-order valence-corrected chi connectivity index (χ1v) is 9.65. The summed E-state index contributed by atoms with van der Waals surface area (Å²) in [6.07, 6.45) is 0.244. The molecule has 0 unspecified atom stereocenters. The second kappa shape index (κ2) is 10.1. The Morgan fingerprint density at radius 1 is 1.12 bits per heavy atom. The van der Waals surface area contributed by atoms with E-state index in [1.165, 1.54) is 17.4 Å². The topological polar surface area (TPSA) is 58.2 Å². The molecular weight excluding hydrogens is 347 g/mol. The van der Waals surface area contributed by atoms with Gasteiger partial charge in [0, 0.05) is 42.0 Å². The van der Waals surface area contributed by atoms with E-state index in [1.54, 1.807) is 35.3 Å². The summed E-state index contributed by atoms with van der Waals surface area (Å²) in [5.41, 5.74) is 1.29. The van der Waals surface area contributed by atoms with E-state index in [0.717, 1.165) is 0 Å². The first-order chi connectivity index (χ1) is 11.7. The van der Waals surface area contributed by atoms with Gasteiger partial charge in [-0.3, -0.25) is 9.59 Å². The molecule has 0 aliphatic heterocycles. The standard InChI is InChI=1S/C17H19FN2O2S2/c18-15-4-2-1-3-13(15)11-24-10-8-19-16(21)5-7-20-17(22)14-6-9-23-12-14/h1-4,6,9,12H,5,7-8,10-11H2,(H,19,21)(H,20,22). The lowest BCUT2D eigenvalue weighted by atomic mass is 10.2. The van der Waals surface area contributed by atoms with E-state index in [1.807, 2.05) is 11.4 Å². The van der Waals surface area contributed by atoms with Crippen LogP contribution in [0.25, 0.3) is 0 Å². The van der Waals surface area contributed by atoms with Crippen LogP contribution < -0.4 is 10.6 Å². The van der Waals surface area contributed by atoms with Gasteiger partial charge in [-0.1, -0.05) is 18.2 Å². The monoisotopic (exact) mass is 366 g/mol. The Bertz CT molecular complexity index is 662. The van der Waals surface area contributed by atoms with E-state index in [-0.39, 0.29) is 24.1 Å². The number of carbonyl (C=O) groups excluding carboxylic acids is 2. The van der Waals surface area contributed by atoms with Gasteiger partial charge in [0.15, 0.2) is 0 Å². The fraction of sp³-hybridized carbons (Fsp3) is 0.294. The fourth-order valence-corrected chi connectivity index (χ4v) is 3.41. The molecule has 1 aromatic heterocycles. The molecule has 0 saturated heterocycles. The zero-order chi connectivity index (χ0) is 17.2. The van der Waals surface area contributed by atoms with Gasteiger partial charge in [0.2, 0.25) is 5.91 Å². The maximum absolute atomic E-state index is 13.4. The van der Waals surface area contributed by atoms with Crippen LogP contribution >= 0.6 is 23.1 Å². The first kappa shape index (κ1) is 18.5.